The number of hydrogen-bond donors (Lipinski definition) is 1. The minimum absolute atomic E-state index is 0.0224. The van der Waals surface area contributed by atoms with E-state index in [1.165, 1.54) is 6.42 Å². The molecule has 0 spiro atoms. The van der Waals surface area contributed by atoms with Gasteiger partial charge in [-0.1, -0.05) is 12.8 Å². The second-order valence-corrected chi connectivity index (χ2v) is 8.39. The van der Waals surface area contributed by atoms with E-state index in [4.69, 9.17) is 9.73 Å². The van der Waals surface area contributed by atoms with Crippen LogP contribution in [0, 0.1) is 0 Å². The zero-order valence-electron chi connectivity index (χ0n) is 18.1. The molecule has 1 aromatic carbocycles. The Kier molecular flexibility index (Phi) is 8.15. The van der Waals surface area contributed by atoms with Gasteiger partial charge in [0.1, 0.15) is 5.75 Å². The highest BCUT2D eigenvalue weighted by Crippen LogP contribution is 2.15. The van der Waals surface area contributed by atoms with Gasteiger partial charge >= 0.3 is 0 Å². The third-order valence-electron chi connectivity index (χ3n) is 4.76. The first-order valence-corrected chi connectivity index (χ1v) is 10.3. The van der Waals surface area contributed by atoms with Crippen molar-refractivity contribution in [2.75, 3.05) is 40.3 Å². The van der Waals surface area contributed by atoms with Crippen LogP contribution in [0.3, 0.4) is 0 Å². The lowest BCUT2D eigenvalue weighted by atomic mass is 10.1. The normalized spacial score (nSPS) is 16.0. The van der Waals surface area contributed by atoms with Gasteiger partial charge in [-0.3, -0.25) is 4.79 Å². The Bertz CT molecular complexity index is 649. The first-order chi connectivity index (χ1) is 13.3. The molecule has 0 aliphatic carbocycles. The molecular formula is C22H36N4O2. The fourth-order valence-electron chi connectivity index (χ4n) is 3.21. The Balaban J connectivity index is 1.61. The fraction of sp³-hybridized carbons (Fsp3) is 0.636. The number of likely N-dealkylation sites (N-methyl/N-ethyl adjacent to an activating group) is 1. The molecule has 0 aromatic heterocycles. The first-order valence-electron chi connectivity index (χ1n) is 10.3. The van der Waals surface area contributed by atoms with Gasteiger partial charge in [-0.25, -0.2) is 4.99 Å². The van der Waals surface area contributed by atoms with Gasteiger partial charge in [0.2, 0.25) is 0 Å². The number of benzene rings is 1. The number of guanidine groups is 1. The molecule has 156 valence electrons. The average Bonchev–Trinajstić information content (AvgIpc) is 2.99. The minimum Gasteiger partial charge on any atom is -0.497 e. The summed E-state index contributed by atoms with van der Waals surface area (Å²) in [6.07, 6.45) is 4.45. The summed E-state index contributed by atoms with van der Waals surface area (Å²) in [7, 11) is 3.74. The van der Waals surface area contributed by atoms with Crippen molar-refractivity contribution in [1.82, 2.24) is 15.1 Å². The molecule has 6 nitrogen and oxygen atoms in total. The van der Waals surface area contributed by atoms with E-state index >= 15 is 0 Å². The molecule has 6 heteroatoms. The molecule has 1 saturated heterocycles. The molecule has 1 aromatic rings. The van der Waals surface area contributed by atoms with Gasteiger partial charge in [-0.05, 0) is 57.9 Å². The van der Waals surface area contributed by atoms with Crippen LogP contribution in [0.1, 0.15) is 56.8 Å². The quantitative estimate of drug-likeness (QED) is 0.659. The van der Waals surface area contributed by atoms with Gasteiger partial charge in [-0.2, -0.15) is 0 Å². The Morgan fingerprint density at radius 3 is 2.43 bits per heavy atom. The molecular weight excluding hydrogens is 352 g/mol. The van der Waals surface area contributed by atoms with Crippen molar-refractivity contribution in [3.63, 3.8) is 0 Å². The van der Waals surface area contributed by atoms with Crippen LogP contribution in [-0.4, -0.2) is 67.5 Å². The van der Waals surface area contributed by atoms with Crippen molar-refractivity contribution >= 4 is 11.9 Å². The van der Waals surface area contributed by atoms with Crippen molar-refractivity contribution < 1.29 is 9.53 Å². The number of hydrogen-bond acceptors (Lipinski definition) is 3. The molecule has 0 saturated carbocycles. The number of carbonyl (C=O) groups is 1. The highest BCUT2D eigenvalue weighted by atomic mass is 16.5. The van der Waals surface area contributed by atoms with Crippen molar-refractivity contribution in [2.45, 2.75) is 52.0 Å². The monoisotopic (exact) mass is 388 g/mol. The van der Waals surface area contributed by atoms with Gasteiger partial charge in [0.05, 0.1) is 12.6 Å². The number of rotatable bonds is 9. The Hall–Kier alpha value is -2.24. The molecule has 0 unspecified atom stereocenters. The molecule has 1 amide bonds. The summed E-state index contributed by atoms with van der Waals surface area (Å²) >= 11 is 0. The molecule has 28 heavy (non-hydrogen) atoms. The van der Waals surface area contributed by atoms with Crippen LogP contribution >= 0.6 is 0 Å². The van der Waals surface area contributed by atoms with E-state index in [9.17, 15) is 4.79 Å². The standard InChI is InChI=1S/C22H36N4O2/c1-22(2,3)24-21-25(4)16-17-26(21)15-9-7-6-8-14-23-20(27)18-10-12-19(28-5)13-11-18/h10-13H,6-9,14-17H2,1-5H3,(H,23,27). The number of nitrogens with zero attached hydrogens (tertiary/aromatic N) is 3. The molecule has 1 aliphatic heterocycles. The van der Waals surface area contributed by atoms with Crippen LogP contribution in [0.2, 0.25) is 0 Å². The summed E-state index contributed by atoms with van der Waals surface area (Å²) in [6.45, 7) is 10.3. The number of carbonyl (C=O) groups excluding carboxylic acids is 1. The topological polar surface area (TPSA) is 57.2 Å². The summed E-state index contributed by atoms with van der Waals surface area (Å²) < 4.78 is 5.11. The van der Waals surface area contributed by atoms with E-state index in [0.717, 1.165) is 50.6 Å². The lowest BCUT2D eigenvalue weighted by molar-refractivity contribution is 0.0953. The van der Waals surface area contributed by atoms with Crippen LogP contribution < -0.4 is 10.1 Å². The maximum atomic E-state index is 12.1. The maximum Gasteiger partial charge on any atom is 0.251 e. The highest BCUT2D eigenvalue weighted by Gasteiger charge is 2.25. The molecule has 1 fully saturated rings. The molecule has 1 N–H and O–H groups in total. The summed E-state index contributed by atoms with van der Waals surface area (Å²) in [5.74, 6) is 1.86. The number of unbranched alkanes of at least 4 members (excludes halogenated alkanes) is 3. The molecule has 0 bridgehead atoms. The fourth-order valence-corrected chi connectivity index (χ4v) is 3.21. The SMILES string of the molecule is COc1ccc(C(=O)NCCCCCCN2CCN(C)C2=NC(C)(C)C)cc1. The average molecular weight is 389 g/mol. The van der Waals surface area contributed by atoms with Crippen LogP contribution in [0.15, 0.2) is 29.3 Å². The third kappa shape index (κ3) is 7.06. The molecule has 0 radical (unpaired) electrons. The molecule has 2 rings (SSSR count). The second kappa shape index (κ2) is 10.3. The maximum absolute atomic E-state index is 12.1. The van der Waals surface area contributed by atoms with Gasteiger partial charge in [0, 0.05) is 38.8 Å². The van der Waals surface area contributed by atoms with Crippen molar-refractivity contribution in [3.05, 3.63) is 29.8 Å². The minimum atomic E-state index is -0.0473. The van der Waals surface area contributed by atoms with Crippen LogP contribution in [0.25, 0.3) is 0 Å². The lowest BCUT2D eigenvalue weighted by Gasteiger charge is -2.24. The predicted molar refractivity (Wildman–Crippen MR) is 115 cm³/mol. The van der Waals surface area contributed by atoms with E-state index in [1.807, 2.05) is 12.1 Å². The number of methoxy groups -OCH3 is 1. The summed E-state index contributed by atoms with van der Waals surface area (Å²) in [6, 6.07) is 7.19. The Morgan fingerprint density at radius 1 is 1.11 bits per heavy atom. The van der Waals surface area contributed by atoms with E-state index in [1.54, 1.807) is 19.2 Å². The van der Waals surface area contributed by atoms with Gasteiger partial charge in [0.15, 0.2) is 5.96 Å². The van der Waals surface area contributed by atoms with Crippen molar-refractivity contribution in [1.29, 1.82) is 0 Å². The van der Waals surface area contributed by atoms with E-state index < -0.39 is 0 Å². The van der Waals surface area contributed by atoms with E-state index in [-0.39, 0.29) is 11.4 Å². The second-order valence-electron chi connectivity index (χ2n) is 8.39. The molecule has 1 heterocycles. The number of aliphatic imine (C=N–C) groups is 1. The highest BCUT2D eigenvalue weighted by molar-refractivity contribution is 5.94. The Labute approximate surface area is 170 Å². The van der Waals surface area contributed by atoms with Crippen LogP contribution in [0.5, 0.6) is 5.75 Å². The summed E-state index contributed by atoms with van der Waals surface area (Å²) in [4.78, 5) is 21.6. The van der Waals surface area contributed by atoms with Gasteiger partial charge in [-0.15, -0.1) is 0 Å². The van der Waals surface area contributed by atoms with E-state index in [0.29, 0.717) is 12.1 Å². The molecule has 0 atom stereocenters. The predicted octanol–water partition coefficient (Wildman–Crippen LogP) is 3.39. The lowest BCUT2D eigenvalue weighted by Crippen LogP contribution is -2.34. The Morgan fingerprint density at radius 2 is 1.79 bits per heavy atom. The summed E-state index contributed by atoms with van der Waals surface area (Å²) in [5.41, 5.74) is 0.624. The van der Waals surface area contributed by atoms with Crippen LogP contribution in [-0.2, 0) is 0 Å². The number of amides is 1. The van der Waals surface area contributed by atoms with Crippen LogP contribution in [0.4, 0.5) is 0 Å². The van der Waals surface area contributed by atoms with Gasteiger partial charge < -0.3 is 19.9 Å². The largest absolute Gasteiger partial charge is 0.497 e. The van der Waals surface area contributed by atoms with E-state index in [2.05, 4.69) is 42.9 Å². The summed E-state index contributed by atoms with van der Waals surface area (Å²) in [5, 5.41) is 2.99. The van der Waals surface area contributed by atoms with Crippen molar-refractivity contribution in [3.8, 4) is 5.75 Å². The number of nitrogens with one attached hydrogen (secondary N) is 1. The number of ether oxygens (including phenoxy) is 1. The third-order valence-corrected chi connectivity index (χ3v) is 4.76. The zero-order chi connectivity index (χ0) is 20.6. The van der Waals surface area contributed by atoms with Gasteiger partial charge in [0.25, 0.3) is 5.91 Å². The first kappa shape index (κ1) is 22.1. The van der Waals surface area contributed by atoms with Crippen molar-refractivity contribution in [2.24, 2.45) is 4.99 Å². The molecule has 1 aliphatic rings. The zero-order valence-corrected chi connectivity index (χ0v) is 18.1. The smallest absolute Gasteiger partial charge is 0.251 e.